The number of likely N-dealkylation sites (tertiary alicyclic amines) is 1. The van der Waals surface area contributed by atoms with Crippen molar-refractivity contribution in [3.8, 4) is 0 Å². The van der Waals surface area contributed by atoms with Gasteiger partial charge in [0.15, 0.2) is 0 Å². The van der Waals surface area contributed by atoms with Gasteiger partial charge in [-0.3, -0.25) is 0 Å². The number of hydrogen-bond donors (Lipinski definition) is 1. The summed E-state index contributed by atoms with van der Waals surface area (Å²) in [6, 6.07) is 2.69. The van der Waals surface area contributed by atoms with Crippen molar-refractivity contribution in [1.82, 2.24) is 10.2 Å². The van der Waals surface area contributed by atoms with Gasteiger partial charge in [-0.05, 0) is 37.0 Å². The van der Waals surface area contributed by atoms with Gasteiger partial charge < -0.3 is 10.2 Å². The molecule has 0 bridgehead atoms. The molecule has 2 rings (SSSR count). The largest absolute Gasteiger partial charge is 0.309 e. The Balaban J connectivity index is 1.77. The molecule has 1 unspecified atom stereocenters. The van der Waals surface area contributed by atoms with Crippen molar-refractivity contribution in [2.45, 2.75) is 19.0 Å². The van der Waals surface area contributed by atoms with E-state index < -0.39 is 0 Å². The summed E-state index contributed by atoms with van der Waals surface area (Å²) in [5.41, 5.74) is 1.30. The van der Waals surface area contributed by atoms with E-state index in [1.807, 2.05) is 6.07 Å². The van der Waals surface area contributed by atoms with Crippen LogP contribution in [0.25, 0.3) is 0 Å². The number of nitrogens with one attached hydrogen (secondary N) is 1. The zero-order valence-corrected chi connectivity index (χ0v) is 9.87. The van der Waals surface area contributed by atoms with Crippen molar-refractivity contribution in [3.63, 3.8) is 0 Å². The van der Waals surface area contributed by atoms with Crippen LogP contribution in [0.3, 0.4) is 0 Å². The predicted molar refractivity (Wildman–Crippen MR) is 62.1 cm³/mol. The zero-order valence-electron chi connectivity index (χ0n) is 8.29. The predicted octanol–water partition coefficient (Wildman–Crippen LogP) is 2.20. The smallest absolute Gasteiger partial charge is 0.0931 e. The van der Waals surface area contributed by atoms with Gasteiger partial charge in [0.1, 0.15) is 0 Å². The van der Waals surface area contributed by atoms with Crippen LogP contribution in [0.15, 0.2) is 11.4 Å². The van der Waals surface area contributed by atoms with E-state index in [2.05, 4.69) is 22.6 Å². The molecule has 1 saturated heterocycles. The number of nitrogens with zero attached hydrogens (tertiary/aromatic N) is 1. The third-order valence-electron chi connectivity index (χ3n) is 2.61. The van der Waals surface area contributed by atoms with Gasteiger partial charge in [-0.2, -0.15) is 0 Å². The lowest BCUT2D eigenvalue weighted by Crippen LogP contribution is -2.30. The topological polar surface area (TPSA) is 15.3 Å². The molecule has 1 aromatic rings. The summed E-state index contributed by atoms with van der Waals surface area (Å²) < 4.78 is 0.880. The minimum Gasteiger partial charge on any atom is -0.309 e. The van der Waals surface area contributed by atoms with Crippen LogP contribution in [0, 0.1) is 0 Å². The molecule has 1 N–H and O–H groups in total. The van der Waals surface area contributed by atoms with Crippen molar-refractivity contribution >= 4 is 22.9 Å². The Morgan fingerprint density at radius 1 is 1.71 bits per heavy atom. The van der Waals surface area contributed by atoms with Crippen molar-refractivity contribution in [1.29, 1.82) is 0 Å². The first kappa shape index (κ1) is 10.4. The quantitative estimate of drug-likeness (QED) is 0.857. The average molecular weight is 231 g/mol. The molecule has 0 radical (unpaired) electrons. The van der Waals surface area contributed by atoms with Crippen molar-refractivity contribution < 1.29 is 0 Å². The molecule has 0 aliphatic carbocycles. The van der Waals surface area contributed by atoms with Crippen molar-refractivity contribution in [2.24, 2.45) is 0 Å². The Morgan fingerprint density at radius 2 is 2.57 bits per heavy atom. The van der Waals surface area contributed by atoms with Gasteiger partial charge in [0, 0.05) is 19.1 Å². The van der Waals surface area contributed by atoms with E-state index in [4.69, 9.17) is 11.6 Å². The van der Waals surface area contributed by atoms with Crippen LogP contribution in [-0.4, -0.2) is 31.1 Å². The molecule has 1 fully saturated rings. The van der Waals surface area contributed by atoms with Gasteiger partial charge >= 0.3 is 0 Å². The number of halogens is 1. The molecule has 0 aromatic carbocycles. The molecule has 1 aromatic heterocycles. The average Bonchev–Trinajstić information content (AvgIpc) is 2.72. The first-order valence-corrected chi connectivity index (χ1v) is 6.14. The molecule has 0 spiro atoms. The van der Waals surface area contributed by atoms with Gasteiger partial charge in [0.2, 0.25) is 0 Å². The monoisotopic (exact) mass is 230 g/mol. The summed E-state index contributed by atoms with van der Waals surface area (Å²) in [6.45, 7) is 3.32. The van der Waals surface area contributed by atoms with E-state index in [0.29, 0.717) is 6.04 Å². The molecule has 0 saturated carbocycles. The third-order valence-corrected chi connectivity index (χ3v) is 3.75. The number of likely N-dealkylation sites (N-methyl/N-ethyl adjacent to an activating group) is 1. The maximum absolute atomic E-state index is 5.86. The van der Waals surface area contributed by atoms with E-state index in [-0.39, 0.29) is 0 Å². The Morgan fingerprint density at radius 3 is 3.14 bits per heavy atom. The van der Waals surface area contributed by atoms with E-state index >= 15 is 0 Å². The number of hydrogen-bond acceptors (Lipinski definition) is 3. The van der Waals surface area contributed by atoms with Crippen LogP contribution < -0.4 is 5.32 Å². The maximum Gasteiger partial charge on any atom is 0.0931 e. The van der Waals surface area contributed by atoms with Crippen LogP contribution in [0.4, 0.5) is 0 Å². The summed E-state index contributed by atoms with van der Waals surface area (Å²) in [5.74, 6) is 0. The summed E-state index contributed by atoms with van der Waals surface area (Å²) in [4.78, 5) is 2.36. The van der Waals surface area contributed by atoms with Crippen LogP contribution in [-0.2, 0) is 6.54 Å². The molecule has 4 heteroatoms. The van der Waals surface area contributed by atoms with E-state index in [0.717, 1.165) is 17.4 Å². The zero-order chi connectivity index (χ0) is 9.97. The second-order valence-electron chi connectivity index (χ2n) is 3.89. The summed E-state index contributed by atoms with van der Waals surface area (Å²) >= 11 is 7.46. The summed E-state index contributed by atoms with van der Waals surface area (Å²) in [6.07, 6.45) is 1.26. The Hall–Kier alpha value is -0.0900. The van der Waals surface area contributed by atoms with Crippen molar-refractivity contribution in [3.05, 3.63) is 21.3 Å². The first-order chi connectivity index (χ1) is 6.74. The minimum atomic E-state index is 0.652. The molecule has 1 aliphatic heterocycles. The van der Waals surface area contributed by atoms with Crippen LogP contribution in [0.5, 0.6) is 0 Å². The molecular formula is C10H15ClN2S. The second-order valence-corrected chi connectivity index (χ2v) is 5.43. The Bertz CT molecular complexity index is 300. The lowest BCUT2D eigenvalue weighted by Gasteiger charge is -2.11. The minimum absolute atomic E-state index is 0.652. The van der Waals surface area contributed by atoms with E-state index in [9.17, 15) is 0 Å². The molecule has 78 valence electrons. The Kier molecular flexibility index (Phi) is 3.44. The first-order valence-electron chi connectivity index (χ1n) is 4.89. The SMILES string of the molecule is CN1CCC(NCc2csc(Cl)c2)C1. The van der Waals surface area contributed by atoms with Gasteiger partial charge in [-0.15, -0.1) is 11.3 Å². The highest BCUT2D eigenvalue weighted by atomic mass is 35.5. The third kappa shape index (κ3) is 2.70. The summed E-state index contributed by atoms with van der Waals surface area (Å²) in [7, 11) is 2.17. The van der Waals surface area contributed by atoms with Crippen LogP contribution >= 0.6 is 22.9 Å². The fourth-order valence-corrected chi connectivity index (χ4v) is 2.71. The Labute approximate surface area is 93.9 Å². The fraction of sp³-hybridized carbons (Fsp3) is 0.600. The molecule has 0 amide bonds. The van der Waals surface area contributed by atoms with Gasteiger partial charge in [0.05, 0.1) is 4.34 Å². The molecule has 14 heavy (non-hydrogen) atoms. The number of rotatable bonds is 3. The molecule has 1 atom stereocenters. The van der Waals surface area contributed by atoms with Gasteiger partial charge in [0.25, 0.3) is 0 Å². The second kappa shape index (κ2) is 4.62. The molecule has 2 nitrogen and oxygen atoms in total. The summed E-state index contributed by atoms with van der Waals surface area (Å²) in [5, 5.41) is 5.67. The molecular weight excluding hydrogens is 216 g/mol. The van der Waals surface area contributed by atoms with E-state index in [1.54, 1.807) is 11.3 Å². The van der Waals surface area contributed by atoms with Crippen molar-refractivity contribution in [2.75, 3.05) is 20.1 Å². The number of thiophene rings is 1. The van der Waals surface area contributed by atoms with Gasteiger partial charge in [-0.25, -0.2) is 0 Å². The molecule has 2 heterocycles. The molecule has 1 aliphatic rings. The van der Waals surface area contributed by atoms with Crippen LogP contribution in [0.1, 0.15) is 12.0 Å². The highest BCUT2D eigenvalue weighted by Gasteiger charge is 2.18. The van der Waals surface area contributed by atoms with Gasteiger partial charge in [-0.1, -0.05) is 11.6 Å². The highest BCUT2D eigenvalue weighted by Crippen LogP contribution is 2.20. The lowest BCUT2D eigenvalue weighted by molar-refractivity contribution is 0.398. The van der Waals surface area contributed by atoms with E-state index in [1.165, 1.54) is 18.5 Å². The lowest BCUT2D eigenvalue weighted by atomic mass is 10.2. The normalized spacial score (nSPS) is 23.1. The fourth-order valence-electron chi connectivity index (χ4n) is 1.80. The van der Waals surface area contributed by atoms with Crippen LogP contribution in [0.2, 0.25) is 4.34 Å². The maximum atomic E-state index is 5.86. The standard InChI is InChI=1S/C10H15ClN2S/c1-13-3-2-9(6-13)12-5-8-4-10(11)14-7-8/h4,7,9,12H,2-3,5-6H2,1H3. The highest BCUT2D eigenvalue weighted by molar-refractivity contribution is 7.14.